The highest BCUT2D eigenvalue weighted by atomic mass is 15.2. The highest BCUT2D eigenvalue weighted by molar-refractivity contribution is 5.79. The van der Waals surface area contributed by atoms with Crippen LogP contribution in [0.15, 0.2) is 4.99 Å². The Bertz CT molecular complexity index is 214. The van der Waals surface area contributed by atoms with Gasteiger partial charge in [0.1, 0.15) is 0 Å². The van der Waals surface area contributed by atoms with Gasteiger partial charge in [0.05, 0.1) is 0 Å². The van der Waals surface area contributed by atoms with Crippen molar-refractivity contribution in [2.75, 3.05) is 33.2 Å². The van der Waals surface area contributed by atoms with Crippen molar-refractivity contribution in [3.8, 4) is 0 Å². The van der Waals surface area contributed by atoms with Crippen LogP contribution in [-0.2, 0) is 0 Å². The van der Waals surface area contributed by atoms with Crippen molar-refractivity contribution in [1.29, 1.82) is 0 Å². The van der Waals surface area contributed by atoms with E-state index in [9.17, 15) is 0 Å². The van der Waals surface area contributed by atoms with E-state index in [-0.39, 0.29) is 0 Å². The Morgan fingerprint density at radius 2 is 1.89 bits per heavy atom. The fourth-order valence-electron chi connectivity index (χ4n) is 1.52. The van der Waals surface area contributed by atoms with Crippen molar-refractivity contribution in [2.24, 2.45) is 4.99 Å². The van der Waals surface area contributed by atoms with E-state index in [1.54, 1.807) is 0 Å². The zero-order valence-electron chi connectivity index (χ0n) is 12.9. The second kappa shape index (κ2) is 11.3. The zero-order chi connectivity index (χ0) is 13.8. The van der Waals surface area contributed by atoms with Gasteiger partial charge in [0, 0.05) is 25.7 Å². The second-order valence-corrected chi connectivity index (χ2v) is 4.97. The van der Waals surface area contributed by atoms with Crippen LogP contribution < -0.4 is 10.6 Å². The van der Waals surface area contributed by atoms with Crippen molar-refractivity contribution in [2.45, 2.75) is 53.0 Å². The molecule has 4 heteroatoms. The van der Waals surface area contributed by atoms with Gasteiger partial charge in [-0.25, -0.2) is 0 Å². The van der Waals surface area contributed by atoms with Gasteiger partial charge < -0.3 is 15.5 Å². The summed E-state index contributed by atoms with van der Waals surface area (Å²) in [7, 11) is 2.19. The van der Waals surface area contributed by atoms with E-state index in [1.807, 2.05) is 0 Å². The maximum Gasteiger partial charge on any atom is 0.191 e. The molecule has 0 heterocycles. The predicted molar refractivity (Wildman–Crippen MR) is 81.3 cm³/mol. The number of hydrogen-bond donors (Lipinski definition) is 2. The molecule has 0 aliphatic rings. The molecule has 0 saturated heterocycles. The van der Waals surface area contributed by atoms with E-state index in [2.05, 4.69) is 55.3 Å². The monoisotopic (exact) mass is 256 g/mol. The topological polar surface area (TPSA) is 39.7 Å². The fraction of sp³-hybridized carbons (Fsp3) is 0.929. The lowest BCUT2D eigenvalue weighted by Gasteiger charge is -2.20. The summed E-state index contributed by atoms with van der Waals surface area (Å²) in [4.78, 5) is 6.86. The Morgan fingerprint density at radius 3 is 2.44 bits per heavy atom. The zero-order valence-corrected chi connectivity index (χ0v) is 12.9. The fourth-order valence-corrected chi connectivity index (χ4v) is 1.52. The molecule has 0 aliphatic carbocycles. The smallest absolute Gasteiger partial charge is 0.191 e. The van der Waals surface area contributed by atoms with E-state index in [0.29, 0.717) is 6.04 Å². The number of aliphatic imine (C=N–C) groups is 1. The van der Waals surface area contributed by atoms with Crippen molar-refractivity contribution in [3.63, 3.8) is 0 Å². The largest absolute Gasteiger partial charge is 0.357 e. The molecule has 2 N–H and O–H groups in total. The van der Waals surface area contributed by atoms with Gasteiger partial charge in [0.15, 0.2) is 5.96 Å². The van der Waals surface area contributed by atoms with Crippen LogP contribution in [0.2, 0.25) is 0 Å². The van der Waals surface area contributed by atoms with Gasteiger partial charge in [-0.3, -0.25) is 4.99 Å². The molecule has 0 bridgehead atoms. The van der Waals surface area contributed by atoms with Crippen LogP contribution in [0.3, 0.4) is 0 Å². The summed E-state index contributed by atoms with van der Waals surface area (Å²) in [6.45, 7) is 12.7. The molecule has 0 saturated carbocycles. The maximum atomic E-state index is 4.48. The number of rotatable bonds is 9. The molecule has 0 unspecified atom stereocenters. The minimum absolute atomic E-state index is 0.640. The second-order valence-electron chi connectivity index (χ2n) is 4.97. The van der Waals surface area contributed by atoms with E-state index in [4.69, 9.17) is 0 Å². The van der Waals surface area contributed by atoms with E-state index in [0.717, 1.165) is 32.0 Å². The molecule has 4 nitrogen and oxygen atoms in total. The number of guanidine groups is 1. The molecule has 0 amide bonds. The third-order valence-electron chi connectivity index (χ3n) is 2.95. The molecule has 0 aromatic carbocycles. The minimum atomic E-state index is 0.640. The molecule has 108 valence electrons. The maximum absolute atomic E-state index is 4.48. The number of hydrogen-bond acceptors (Lipinski definition) is 2. The molecule has 0 atom stereocenters. The molecular weight excluding hydrogens is 224 g/mol. The average molecular weight is 256 g/mol. The Labute approximate surface area is 113 Å². The third kappa shape index (κ3) is 9.28. The Morgan fingerprint density at radius 1 is 1.17 bits per heavy atom. The van der Waals surface area contributed by atoms with Crippen molar-refractivity contribution in [3.05, 3.63) is 0 Å². The Kier molecular flexibility index (Phi) is 10.8. The molecule has 0 aliphatic heterocycles. The summed E-state index contributed by atoms with van der Waals surface area (Å²) < 4.78 is 0. The standard InChI is InChI=1S/C14H32N4/c1-6-10-16-14(15-7-2)17-11-8-9-12-18(5)13(3)4/h13H,6-12H2,1-5H3,(H2,15,16,17). The van der Waals surface area contributed by atoms with Crippen LogP contribution in [0.5, 0.6) is 0 Å². The van der Waals surface area contributed by atoms with Crippen molar-refractivity contribution in [1.82, 2.24) is 15.5 Å². The molecule has 0 spiro atoms. The summed E-state index contributed by atoms with van der Waals surface area (Å²) in [5.74, 6) is 0.955. The first-order chi connectivity index (χ1) is 8.61. The Balaban J connectivity index is 3.66. The lowest BCUT2D eigenvalue weighted by molar-refractivity contribution is 0.268. The van der Waals surface area contributed by atoms with Crippen LogP contribution in [-0.4, -0.2) is 50.1 Å². The van der Waals surface area contributed by atoms with Gasteiger partial charge in [0.2, 0.25) is 0 Å². The molecule has 18 heavy (non-hydrogen) atoms. The lowest BCUT2D eigenvalue weighted by atomic mass is 10.2. The molecular formula is C14H32N4. The van der Waals surface area contributed by atoms with E-state index in [1.165, 1.54) is 19.4 Å². The van der Waals surface area contributed by atoms with Crippen LogP contribution in [0, 0.1) is 0 Å². The summed E-state index contributed by atoms with van der Waals surface area (Å²) in [5.41, 5.74) is 0. The SMILES string of the molecule is CCCN=C(NCC)NCCCCN(C)C(C)C. The summed E-state index contributed by atoms with van der Waals surface area (Å²) in [6, 6.07) is 0.640. The van der Waals surface area contributed by atoms with Gasteiger partial charge >= 0.3 is 0 Å². The molecule has 0 rings (SSSR count). The van der Waals surface area contributed by atoms with Crippen LogP contribution in [0.4, 0.5) is 0 Å². The first kappa shape index (κ1) is 17.2. The van der Waals surface area contributed by atoms with Gasteiger partial charge in [-0.2, -0.15) is 0 Å². The molecule has 0 aromatic heterocycles. The number of nitrogens with one attached hydrogen (secondary N) is 2. The van der Waals surface area contributed by atoms with Crippen LogP contribution >= 0.6 is 0 Å². The summed E-state index contributed by atoms with van der Waals surface area (Å²) in [6.07, 6.45) is 3.51. The van der Waals surface area contributed by atoms with E-state index >= 15 is 0 Å². The predicted octanol–water partition coefficient (Wildman–Crippen LogP) is 2.07. The molecule has 0 fully saturated rings. The van der Waals surface area contributed by atoms with E-state index < -0.39 is 0 Å². The first-order valence-electron chi connectivity index (χ1n) is 7.34. The highest BCUT2D eigenvalue weighted by Gasteiger charge is 2.02. The van der Waals surface area contributed by atoms with Crippen LogP contribution in [0.1, 0.15) is 47.0 Å². The highest BCUT2D eigenvalue weighted by Crippen LogP contribution is 1.97. The van der Waals surface area contributed by atoms with Gasteiger partial charge in [-0.05, 0) is 53.6 Å². The van der Waals surface area contributed by atoms with Crippen molar-refractivity contribution < 1.29 is 0 Å². The van der Waals surface area contributed by atoms with Gasteiger partial charge in [-0.1, -0.05) is 6.92 Å². The summed E-state index contributed by atoms with van der Waals surface area (Å²) >= 11 is 0. The van der Waals surface area contributed by atoms with Crippen LogP contribution in [0.25, 0.3) is 0 Å². The number of unbranched alkanes of at least 4 members (excludes halogenated alkanes) is 1. The normalized spacial score (nSPS) is 12.3. The van der Waals surface area contributed by atoms with Crippen molar-refractivity contribution >= 4 is 5.96 Å². The quantitative estimate of drug-likeness (QED) is 0.377. The number of nitrogens with zero attached hydrogens (tertiary/aromatic N) is 2. The summed E-state index contributed by atoms with van der Waals surface area (Å²) in [5, 5.41) is 6.64. The average Bonchev–Trinajstić information content (AvgIpc) is 2.34. The first-order valence-corrected chi connectivity index (χ1v) is 7.34. The molecule has 0 aromatic rings. The Hall–Kier alpha value is -0.770. The minimum Gasteiger partial charge on any atom is -0.357 e. The van der Waals surface area contributed by atoms with Gasteiger partial charge in [0.25, 0.3) is 0 Å². The third-order valence-corrected chi connectivity index (χ3v) is 2.95. The molecule has 0 radical (unpaired) electrons. The van der Waals surface area contributed by atoms with Gasteiger partial charge in [-0.15, -0.1) is 0 Å². The lowest BCUT2D eigenvalue weighted by Crippen LogP contribution is -2.38.